The summed E-state index contributed by atoms with van der Waals surface area (Å²) >= 11 is 0. The molecule has 0 spiro atoms. The smallest absolute Gasteiger partial charge is 0.252 e. The summed E-state index contributed by atoms with van der Waals surface area (Å²) in [6.45, 7) is 5.12. The van der Waals surface area contributed by atoms with Crippen molar-refractivity contribution in [3.8, 4) is 5.75 Å². The van der Waals surface area contributed by atoms with Gasteiger partial charge in [-0.15, -0.1) is 0 Å². The van der Waals surface area contributed by atoms with E-state index < -0.39 is 0 Å². The van der Waals surface area contributed by atoms with Crippen molar-refractivity contribution in [2.45, 2.75) is 26.3 Å². The lowest BCUT2D eigenvalue weighted by atomic mass is 9.98. The van der Waals surface area contributed by atoms with Crippen LogP contribution >= 0.6 is 0 Å². The second-order valence-corrected chi connectivity index (χ2v) is 7.21. The summed E-state index contributed by atoms with van der Waals surface area (Å²) < 4.78 is 12.0. The first-order valence-corrected chi connectivity index (χ1v) is 9.41. The molecule has 0 aliphatic carbocycles. The summed E-state index contributed by atoms with van der Waals surface area (Å²) in [7, 11) is 1.58. The molecule has 4 rings (SSSR count). The maximum atomic E-state index is 12.7. The lowest BCUT2D eigenvalue weighted by Crippen LogP contribution is -2.40. The fourth-order valence-corrected chi connectivity index (χ4v) is 3.73. The third-order valence-electron chi connectivity index (χ3n) is 5.05. The number of nitrogens with one attached hydrogen (secondary N) is 1. The van der Waals surface area contributed by atoms with Gasteiger partial charge in [-0.25, -0.2) is 4.98 Å². The average Bonchev–Trinajstić information content (AvgIpc) is 3.34. The molecule has 1 aliphatic heterocycles. The first-order chi connectivity index (χ1) is 13.6. The number of hydrogen-bond donors (Lipinski definition) is 1. The number of nitrogens with zero attached hydrogens (tertiary/aromatic N) is 5. The SMILES string of the molecule is COc1cc(C(=O)NCC2CCCN(Cc3ncon3)C2)cn2cc(C)nc12. The van der Waals surface area contributed by atoms with Gasteiger partial charge in [0.05, 0.1) is 24.9 Å². The van der Waals surface area contributed by atoms with Crippen molar-refractivity contribution >= 4 is 11.6 Å². The number of imidazole rings is 1. The van der Waals surface area contributed by atoms with E-state index in [9.17, 15) is 4.79 Å². The summed E-state index contributed by atoms with van der Waals surface area (Å²) in [6.07, 6.45) is 7.20. The van der Waals surface area contributed by atoms with Crippen LogP contribution in [0.15, 0.2) is 29.4 Å². The predicted octanol–water partition coefficient (Wildman–Crippen LogP) is 1.68. The molecule has 1 N–H and O–H groups in total. The van der Waals surface area contributed by atoms with Crippen LogP contribution in [0, 0.1) is 12.8 Å². The summed E-state index contributed by atoms with van der Waals surface area (Å²) in [5, 5.41) is 6.94. The fourth-order valence-electron chi connectivity index (χ4n) is 3.73. The van der Waals surface area contributed by atoms with Gasteiger partial charge in [-0.3, -0.25) is 9.69 Å². The maximum absolute atomic E-state index is 12.7. The molecular formula is C19H24N6O3. The van der Waals surface area contributed by atoms with E-state index in [-0.39, 0.29) is 5.91 Å². The number of pyridine rings is 1. The highest BCUT2D eigenvalue weighted by Gasteiger charge is 2.22. The lowest BCUT2D eigenvalue weighted by molar-refractivity contribution is 0.0929. The Morgan fingerprint density at radius 2 is 2.32 bits per heavy atom. The molecule has 0 saturated carbocycles. The van der Waals surface area contributed by atoms with Crippen LogP contribution in [-0.2, 0) is 6.54 Å². The van der Waals surface area contributed by atoms with Crippen LogP contribution < -0.4 is 10.1 Å². The van der Waals surface area contributed by atoms with Crippen molar-refractivity contribution in [3.05, 3.63) is 41.9 Å². The van der Waals surface area contributed by atoms with E-state index in [1.54, 1.807) is 19.4 Å². The van der Waals surface area contributed by atoms with Crippen molar-refractivity contribution in [1.82, 2.24) is 29.7 Å². The molecule has 1 amide bonds. The number of methoxy groups -OCH3 is 1. The third-order valence-corrected chi connectivity index (χ3v) is 5.05. The number of piperidine rings is 1. The number of amides is 1. The van der Waals surface area contributed by atoms with Crippen LogP contribution in [0.5, 0.6) is 5.75 Å². The van der Waals surface area contributed by atoms with Gasteiger partial charge in [-0.2, -0.15) is 4.98 Å². The van der Waals surface area contributed by atoms with Crippen molar-refractivity contribution in [2.24, 2.45) is 5.92 Å². The zero-order valence-electron chi connectivity index (χ0n) is 16.1. The minimum Gasteiger partial charge on any atom is -0.493 e. The van der Waals surface area contributed by atoms with Crippen molar-refractivity contribution < 1.29 is 14.1 Å². The van der Waals surface area contributed by atoms with E-state index >= 15 is 0 Å². The number of carbonyl (C=O) groups excluding carboxylic acids is 1. The molecule has 9 nitrogen and oxygen atoms in total. The van der Waals surface area contributed by atoms with Gasteiger partial charge in [-0.1, -0.05) is 5.16 Å². The van der Waals surface area contributed by atoms with Crippen LogP contribution in [0.3, 0.4) is 0 Å². The average molecular weight is 384 g/mol. The minimum atomic E-state index is -0.109. The van der Waals surface area contributed by atoms with Crippen molar-refractivity contribution in [2.75, 3.05) is 26.7 Å². The highest BCUT2D eigenvalue weighted by atomic mass is 16.5. The predicted molar refractivity (Wildman–Crippen MR) is 101 cm³/mol. The second kappa shape index (κ2) is 7.97. The van der Waals surface area contributed by atoms with Crippen LogP contribution in [0.4, 0.5) is 0 Å². The van der Waals surface area contributed by atoms with Gasteiger partial charge >= 0.3 is 0 Å². The Hall–Kier alpha value is -2.94. The monoisotopic (exact) mass is 384 g/mol. The van der Waals surface area contributed by atoms with Gasteiger partial charge in [0.2, 0.25) is 6.39 Å². The van der Waals surface area contributed by atoms with Gasteiger partial charge in [0.25, 0.3) is 5.91 Å². The van der Waals surface area contributed by atoms with E-state index in [0.29, 0.717) is 41.8 Å². The largest absolute Gasteiger partial charge is 0.493 e. The van der Waals surface area contributed by atoms with Crippen molar-refractivity contribution in [3.63, 3.8) is 0 Å². The Labute approximate surface area is 162 Å². The summed E-state index contributed by atoms with van der Waals surface area (Å²) in [6, 6.07) is 1.74. The van der Waals surface area contributed by atoms with Gasteiger partial charge in [0.1, 0.15) is 0 Å². The molecule has 3 aromatic heterocycles. The molecule has 1 atom stereocenters. The van der Waals surface area contributed by atoms with E-state index in [2.05, 4.69) is 25.3 Å². The Balaban J connectivity index is 1.38. The van der Waals surface area contributed by atoms with Crippen LogP contribution in [0.25, 0.3) is 5.65 Å². The molecule has 28 heavy (non-hydrogen) atoms. The fraction of sp³-hybridized carbons (Fsp3) is 0.474. The second-order valence-electron chi connectivity index (χ2n) is 7.21. The number of likely N-dealkylation sites (tertiary alicyclic amines) is 1. The summed E-state index contributed by atoms with van der Waals surface area (Å²) in [4.78, 5) is 23.5. The summed E-state index contributed by atoms with van der Waals surface area (Å²) in [5.41, 5.74) is 2.14. The zero-order valence-corrected chi connectivity index (χ0v) is 16.1. The number of aryl methyl sites for hydroxylation is 1. The standard InChI is InChI=1S/C19H24N6O3/c1-13-8-25-10-15(6-16(27-2)18(25)22-13)19(26)20-7-14-4-3-5-24(9-14)11-17-21-12-28-23-17/h6,8,10,12,14H,3-5,7,9,11H2,1-2H3,(H,20,26). The molecule has 0 radical (unpaired) electrons. The molecule has 9 heteroatoms. The molecule has 0 bridgehead atoms. The molecule has 3 aromatic rings. The van der Waals surface area contributed by atoms with Crippen LogP contribution in [0.2, 0.25) is 0 Å². The molecule has 1 unspecified atom stereocenters. The quantitative estimate of drug-likeness (QED) is 0.690. The number of hydrogen-bond acceptors (Lipinski definition) is 7. The topological polar surface area (TPSA) is 97.8 Å². The molecule has 1 saturated heterocycles. The normalized spacial score (nSPS) is 17.7. The molecule has 4 heterocycles. The van der Waals surface area contributed by atoms with Crippen molar-refractivity contribution in [1.29, 1.82) is 0 Å². The summed E-state index contributed by atoms with van der Waals surface area (Å²) in [5.74, 6) is 1.57. The molecule has 148 valence electrons. The Kier molecular flexibility index (Phi) is 5.25. The van der Waals surface area contributed by atoms with E-state index in [1.807, 2.05) is 17.5 Å². The number of ether oxygens (including phenoxy) is 1. The maximum Gasteiger partial charge on any atom is 0.252 e. The molecular weight excluding hydrogens is 360 g/mol. The van der Waals surface area contributed by atoms with Crippen LogP contribution in [-0.4, -0.2) is 57.1 Å². The molecule has 0 aromatic carbocycles. The zero-order chi connectivity index (χ0) is 19.5. The molecule has 1 fully saturated rings. The highest BCUT2D eigenvalue weighted by Crippen LogP contribution is 2.22. The van der Waals surface area contributed by atoms with Gasteiger partial charge < -0.3 is 19.0 Å². The number of fused-ring (bicyclic) bond motifs is 1. The minimum absolute atomic E-state index is 0.109. The Morgan fingerprint density at radius 1 is 1.43 bits per heavy atom. The van der Waals surface area contributed by atoms with Gasteiger partial charge in [0.15, 0.2) is 17.2 Å². The number of carbonyl (C=O) groups is 1. The Bertz CT molecular complexity index is 952. The number of aromatic nitrogens is 4. The van der Waals surface area contributed by atoms with E-state index in [0.717, 1.165) is 31.6 Å². The van der Waals surface area contributed by atoms with Gasteiger partial charge in [0, 0.05) is 25.5 Å². The Morgan fingerprint density at radius 3 is 3.11 bits per heavy atom. The first kappa shape index (κ1) is 18.4. The van der Waals surface area contributed by atoms with Gasteiger partial charge in [-0.05, 0) is 38.3 Å². The highest BCUT2D eigenvalue weighted by molar-refractivity contribution is 5.95. The first-order valence-electron chi connectivity index (χ1n) is 9.41. The van der Waals surface area contributed by atoms with E-state index in [1.165, 1.54) is 6.39 Å². The lowest BCUT2D eigenvalue weighted by Gasteiger charge is -2.31. The molecule has 1 aliphatic rings. The number of rotatable bonds is 6. The van der Waals surface area contributed by atoms with E-state index in [4.69, 9.17) is 9.26 Å². The van der Waals surface area contributed by atoms with Crippen LogP contribution in [0.1, 0.15) is 34.7 Å². The third kappa shape index (κ3) is 3.99.